The lowest BCUT2D eigenvalue weighted by Crippen LogP contribution is -2.10. The van der Waals surface area contributed by atoms with E-state index in [9.17, 15) is 4.79 Å². The quantitative estimate of drug-likeness (QED) is 0.820. The molecule has 2 aromatic rings. The lowest BCUT2D eigenvalue weighted by atomic mass is 10.2. The summed E-state index contributed by atoms with van der Waals surface area (Å²) in [6.07, 6.45) is 5.56. The van der Waals surface area contributed by atoms with E-state index in [2.05, 4.69) is 17.2 Å². The molecule has 1 aromatic carbocycles. The predicted octanol–water partition coefficient (Wildman–Crippen LogP) is 4.60. The highest BCUT2D eigenvalue weighted by molar-refractivity contribution is 5.93. The van der Waals surface area contributed by atoms with Gasteiger partial charge >= 0.3 is 0 Å². The Hall–Kier alpha value is -1.32. The molecule has 0 aliphatic heterocycles. The zero-order valence-corrected chi connectivity index (χ0v) is 13.1. The topological polar surface area (TPSA) is 42.0 Å². The summed E-state index contributed by atoms with van der Waals surface area (Å²) in [6, 6.07) is 9.67. The van der Waals surface area contributed by atoms with Gasteiger partial charge in [0.05, 0.1) is 5.52 Å². The van der Waals surface area contributed by atoms with Crippen LogP contribution in [0.2, 0.25) is 0 Å². The summed E-state index contributed by atoms with van der Waals surface area (Å²) in [5.74, 6) is 0.0895. The number of hydrogen-bond acceptors (Lipinski definition) is 2. The van der Waals surface area contributed by atoms with Crippen molar-refractivity contribution in [1.82, 2.24) is 4.98 Å². The van der Waals surface area contributed by atoms with Crippen molar-refractivity contribution in [1.29, 1.82) is 0 Å². The summed E-state index contributed by atoms with van der Waals surface area (Å²) in [4.78, 5) is 15.9. The third kappa shape index (κ3) is 5.35. The number of carbonyl (C=O) groups is 1. The second-order valence-electron chi connectivity index (χ2n) is 4.42. The van der Waals surface area contributed by atoms with Crippen LogP contribution in [0, 0.1) is 0 Å². The zero-order valence-electron chi connectivity index (χ0n) is 11.5. The largest absolute Gasteiger partial charge is 0.326 e. The molecule has 0 spiro atoms. The number of pyridine rings is 1. The van der Waals surface area contributed by atoms with Crippen LogP contribution >= 0.6 is 24.8 Å². The first-order valence-electron chi connectivity index (χ1n) is 6.44. The van der Waals surface area contributed by atoms with Gasteiger partial charge in [-0.05, 0) is 30.7 Å². The smallest absolute Gasteiger partial charge is 0.224 e. The van der Waals surface area contributed by atoms with Crippen molar-refractivity contribution < 1.29 is 4.79 Å². The molecule has 5 heteroatoms. The van der Waals surface area contributed by atoms with Gasteiger partial charge in [-0.25, -0.2) is 0 Å². The van der Waals surface area contributed by atoms with E-state index in [1.54, 1.807) is 6.20 Å². The van der Waals surface area contributed by atoms with Crippen LogP contribution in [-0.4, -0.2) is 10.9 Å². The monoisotopic (exact) mass is 314 g/mol. The van der Waals surface area contributed by atoms with E-state index in [-0.39, 0.29) is 30.7 Å². The summed E-state index contributed by atoms with van der Waals surface area (Å²) in [5, 5.41) is 3.97. The number of anilines is 1. The molecule has 0 aliphatic carbocycles. The van der Waals surface area contributed by atoms with Crippen molar-refractivity contribution in [2.24, 2.45) is 0 Å². The second kappa shape index (κ2) is 9.56. The van der Waals surface area contributed by atoms with Crippen molar-refractivity contribution >= 4 is 47.3 Å². The summed E-state index contributed by atoms with van der Waals surface area (Å²) in [5.41, 5.74) is 1.79. The lowest BCUT2D eigenvalue weighted by molar-refractivity contribution is -0.116. The first-order chi connectivity index (χ1) is 8.79. The Kier molecular flexibility index (Phi) is 8.93. The number of nitrogens with one attached hydrogen (secondary N) is 1. The van der Waals surface area contributed by atoms with Crippen LogP contribution in [0.15, 0.2) is 36.5 Å². The third-order valence-corrected chi connectivity index (χ3v) is 2.89. The first-order valence-corrected chi connectivity index (χ1v) is 6.44. The minimum atomic E-state index is 0. The molecule has 0 saturated carbocycles. The molecule has 0 unspecified atom stereocenters. The Bertz CT molecular complexity index is 546. The predicted molar refractivity (Wildman–Crippen MR) is 89.0 cm³/mol. The Morgan fingerprint density at radius 3 is 2.75 bits per heavy atom. The van der Waals surface area contributed by atoms with E-state index in [0.717, 1.165) is 35.9 Å². The third-order valence-electron chi connectivity index (χ3n) is 2.89. The maximum absolute atomic E-state index is 11.7. The second-order valence-corrected chi connectivity index (χ2v) is 4.42. The van der Waals surface area contributed by atoms with Crippen molar-refractivity contribution in [3.8, 4) is 0 Å². The number of halogens is 2. The maximum atomic E-state index is 11.7. The van der Waals surface area contributed by atoms with Crippen molar-refractivity contribution in [2.75, 3.05) is 5.32 Å². The molecule has 110 valence electrons. The molecule has 0 saturated heterocycles. The van der Waals surface area contributed by atoms with Crippen molar-refractivity contribution in [3.63, 3.8) is 0 Å². The molecule has 1 aromatic heterocycles. The van der Waals surface area contributed by atoms with E-state index in [1.807, 2.05) is 30.3 Å². The molecule has 1 N–H and O–H groups in total. The summed E-state index contributed by atoms with van der Waals surface area (Å²) < 4.78 is 0. The molecule has 0 atom stereocenters. The lowest BCUT2D eigenvalue weighted by Gasteiger charge is -2.06. The Morgan fingerprint density at radius 1 is 1.20 bits per heavy atom. The number of aromatic nitrogens is 1. The molecule has 0 bridgehead atoms. The van der Waals surface area contributed by atoms with Crippen LogP contribution in [0.4, 0.5) is 5.69 Å². The van der Waals surface area contributed by atoms with Crippen LogP contribution in [-0.2, 0) is 4.79 Å². The number of carbonyl (C=O) groups excluding carboxylic acids is 1. The number of rotatable bonds is 5. The Morgan fingerprint density at radius 2 is 2.00 bits per heavy atom. The number of fused-ring (bicyclic) bond motifs is 1. The highest BCUT2D eigenvalue weighted by atomic mass is 35.5. The van der Waals surface area contributed by atoms with E-state index in [0.29, 0.717) is 6.42 Å². The number of unbranched alkanes of at least 4 members (excludes halogenated alkanes) is 2. The fourth-order valence-corrected chi connectivity index (χ4v) is 1.91. The summed E-state index contributed by atoms with van der Waals surface area (Å²) in [6.45, 7) is 2.13. The van der Waals surface area contributed by atoms with Crippen molar-refractivity contribution in [3.05, 3.63) is 36.5 Å². The molecule has 3 nitrogen and oxygen atoms in total. The SMILES string of the molecule is CCCCCC(=O)Nc1ccc2ncccc2c1.Cl.Cl. The molecule has 1 heterocycles. The minimum absolute atomic E-state index is 0. The highest BCUT2D eigenvalue weighted by Gasteiger charge is 2.02. The fraction of sp³-hybridized carbons (Fsp3) is 0.333. The summed E-state index contributed by atoms with van der Waals surface area (Å²) in [7, 11) is 0. The van der Waals surface area contributed by atoms with E-state index < -0.39 is 0 Å². The van der Waals surface area contributed by atoms with Gasteiger partial charge in [-0.15, -0.1) is 24.8 Å². The Labute approximate surface area is 132 Å². The van der Waals surface area contributed by atoms with Crippen LogP contribution < -0.4 is 5.32 Å². The van der Waals surface area contributed by atoms with Gasteiger partial charge < -0.3 is 5.32 Å². The van der Waals surface area contributed by atoms with E-state index in [1.165, 1.54) is 0 Å². The van der Waals surface area contributed by atoms with Gasteiger partial charge in [-0.1, -0.05) is 25.8 Å². The molecule has 2 rings (SSSR count). The van der Waals surface area contributed by atoms with Crippen LogP contribution in [0.3, 0.4) is 0 Å². The number of benzene rings is 1. The molecule has 20 heavy (non-hydrogen) atoms. The minimum Gasteiger partial charge on any atom is -0.326 e. The van der Waals surface area contributed by atoms with Gasteiger partial charge in [0.2, 0.25) is 5.91 Å². The van der Waals surface area contributed by atoms with Gasteiger partial charge in [0.15, 0.2) is 0 Å². The number of amides is 1. The van der Waals surface area contributed by atoms with Gasteiger partial charge in [-0.3, -0.25) is 9.78 Å². The summed E-state index contributed by atoms with van der Waals surface area (Å²) >= 11 is 0. The van der Waals surface area contributed by atoms with Crippen LogP contribution in [0.25, 0.3) is 10.9 Å². The van der Waals surface area contributed by atoms with Gasteiger partial charge in [0, 0.05) is 23.7 Å². The van der Waals surface area contributed by atoms with Gasteiger partial charge in [0.25, 0.3) is 0 Å². The molecule has 0 fully saturated rings. The zero-order chi connectivity index (χ0) is 12.8. The number of hydrogen-bond donors (Lipinski definition) is 1. The normalized spacial score (nSPS) is 9.45. The molecule has 0 radical (unpaired) electrons. The molecular formula is C15H20Cl2N2O. The average molecular weight is 315 g/mol. The van der Waals surface area contributed by atoms with Gasteiger partial charge in [-0.2, -0.15) is 0 Å². The number of nitrogens with zero attached hydrogens (tertiary/aromatic N) is 1. The molecule has 1 amide bonds. The van der Waals surface area contributed by atoms with Crippen molar-refractivity contribution in [2.45, 2.75) is 32.6 Å². The first kappa shape index (κ1) is 18.7. The fourth-order valence-electron chi connectivity index (χ4n) is 1.91. The van der Waals surface area contributed by atoms with Gasteiger partial charge in [0.1, 0.15) is 0 Å². The van der Waals surface area contributed by atoms with E-state index >= 15 is 0 Å². The Balaban J connectivity index is 0.00000180. The molecule has 0 aliphatic rings. The van der Waals surface area contributed by atoms with E-state index in [4.69, 9.17) is 0 Å². The highest BCUT2D eigenvalue weighted by Crippen LogP contribution is 2.17. The standard InChI is InChI=1S/C15H18N2O.2ClH/c1-2-3-4-7-15(18)17-13-8-9-14-12(11-13)6-5-10-16-14;;/h5-6,8-11H,2-4,7H2,1H3,(H,17,18);2*1H. The maximum Gasteiger partial charge on any atom is 0.224 e. The molecular weight excluding hydrogens is 295 g/mol. The van der Waals surface area contributed by atoms with Crippen LogP contribution in [0.5, 0.6) is 0 Å². The average Bonchev–Trinajstić information content (AvgIpc) is 2.39. The van der Waals surface area contributed by atoms with Crippen LogP contribution in [0.1, 0.15) is 32.6 Å².